The lowest BCUT2D eigenvalue weighted by Gasteiger charge is -2.05. The Kier molecular flexibility index (Phi) is 4.43. The summed E-state index contributed by atoms with van der Waals surface area (Å²) >= 11 is 1.58. The first kappa shape index (κ1) is 17.0. The van der Waals surface area contributed by atoms with Crippen molar-refractivity contribution < 1.29 is 0 Å². The van der Waals surface area contributed by atoms with Gasteiger partial charge in [0.1, 0.15) is 11.6 Å². The first-order valence-electron chi connectivity index (χ1n) is 8.39. The highest BCUT2D eigenvalue weighted by Gasteiger charge is 2.08. The molecule has 7 heteroatoms. The standard InChI is InChI=1S/C20H18N6S/c1-23-18-3-2-4-19(25-18)26-20-24-16-8-6-13(10-17(16)27-20)12-5-7-15(22)14(9-12)11-21/h2-11,21H,22H2,1H3,(H2,23,24,25,26). The fourth-order valence-corrected chi connectivity index (χ4v) is 3.70. The van der Waals surface area contributed by atoms with Gasteiger partial charge in [-0.2, -0.15) is 0 Å². The van der Waals surface area contributed by atoms with Crippen molar-refractivity contribution in [2.45, 2.75) is 0 Å². The van der Waals surface area contributed by atoms with Crippen LogP contribution in [0.5, 0.6) is 0 Å². The predicted molar refractivity (Wildman–Crippen MR) is 114 cm³/mol. The van der Waals surface area contributed by atoms with E-state index in [-0.39, 0.29) is 0 Å². The number of hydrogen-bond acceptors (Lipinski definition) is 7. The van der Waals surface area contributed by atoms with Gasteiger partial charge >= 0.3 is 0 Å². The van der Waals surface area contributed by atoms with E-state index < -0.39 is 0 Å². The Balaban J connectivity index is 1.66. The van der Waals surface area contributed by atoms with Crippen LogP contribution in [0.3, 0.4) is 0 Å². The molecule has 0 aliphatic carbocycles. The summed E-state index contributed by atoms with van der Waals surface area (Å²) in [7, 11) is 1.84. The number of fused-ring (bicyclic) bond motifs is 1. The average Bonchev–Trinajstić information content (AvgIpc) is 3.09. The highest BCUT2D eigenvalue weighted by molar-refractivity contribution is 7.22. The molecule has 0 atom stereocenters. The Morgan fingerprint density at radius 3 is 2.59 bits per heavy atom. The van der Waals surface area contributed by atoms with E-state index in [1.54, 1.807) is 11.3 Å². The molecule has 134 valence electrons. The molecule has 0 spiro atoms. The van der Waals surface area contributed by atoms with E-state index in [4.69, 9.17) is 11.1 Å². The zero-order valence-electron chi connectivity index (χ0n) is 14.7. The number of benzene rings is 2. The quantitative estimate of drug-likeness (QED) is 0.299. The number of anilines is 4. The van der Waals surface area contributed by atoms with Crippen molar-refractivity contribution in [1.29, 1.82) is 5.41 Å². The fourth-order valence-electron chi connectivity index (χ4n) is 2.79. The van der Waals surface area contributed by atoms with Gasteiger partial charge < -0.3 is 21.8 Å². The molecule has 6 nitrogen and oxygen atoms in total. The van der Waals surface area contributed by atoms with E-state index >= 15 is 0 Å². The van der Waals surface area contributed by atoms with Crippen LogP contribution in [-0.2, 0) is 0 Å². The summed E-state index contributed by atoms with van der Waals surface area (Å²) in [5, 5.41) is 14.6. The van der Waals surface area contributed by atoms with Crippen molar-refractivity contribution in [2.75, 3.05) is 23.4 Å². The zero-order chi connectivity index (χ0) is 18.8. The third-order valence-electron chi connectivity index (χ3n) is 4.20. The normalized spacial score (nSPS) is 10.7. The fraction of sp³-hybridized carbons (Fsp3) is 0.0500. The maximum Gasteiger partial charge on any atom is 0.189 e. The third-order valence-corrected chi connectivity index (χ3v) is 5.14. The van der Waals surface area contributed by atoms with E-state index in [2.05, 4.69) is 26.7 Å². The number of aromatic nitrogens is 2. The molecule has 0 aliphatic heterocycles. The van der Waals surface area contributed by atoms with Crippen LogP contribution in [-0.4, -0.2) is 23.2 Å². The Morgan fingerprint density at radius 1 is 1.00 bits per heavy atom. The molecule has 0 unspecified atom stereocenters. The van der Waals surface area contributed by atoms with Crippen molar-refractivity contribution in [3.63, 3.8) is 0 Å². The monoisotopic (exact) mass is 374 g/mol. The SMILES string of the molecule is CNc1cccc(Nc2nc3ccc(-c4ccc(N)c(C=N)c4)cc3s2)n1. The summed E-state index contributed by atoms with van der Waals surface area (Å²) in [5.41, 5.74) is 10.2. The molecule has 0 aliphatic rings. The lowest BCUT2D eigenvalue weighted by atomic mass is 10.0. The molecule has 0 saturated carbocycles. The van der Waals surface area contributed by atoms with Crippen LogP contribution in [0.25, 0.3) is 21.3 Å². The molecule has 0 radical (unpaired) electrons. The van der Waals surface area contributed by atoms with Gasteiger partial charge in [0, 0.05) is 24.5 Å². The second kappa shape index (κ2) is 7.05. The largest absolute Gasteiger partial charge is 0.398 e. The van der Waals surface area contributed by atoms with Gasteiger partial charge in [-0.1, -0.05) is 29.5 Å². The number of hydrogen-bond donors (Lipinski definition) is 4. The Hall–Kier alpha value is -3.45. The molecular weight excluding hydrogens is 356 g/mol. The number of rotatable bonds is 5. The van der Waals surface area contributed by atoms with Crippen molar-refractivity contribution >= 4 is 50.2 Å². The van der Waals surface area contributed by atoms with Gasteiger partial charge in [-0.3, -0.25) is 0 Å². The van der Waals surface area contributed by atoms with E-state index in [1.807, 2.05) is 55.6 Å². The van der Waals surface area contributed by atoms with Crippen molar-refractivity contribution in [3.8, 4) is 11.1 Å². The minimum Gasteiger partial charge on any atom is -0.398 e. The first-order chi connectivity index (χ1) is 13.2. The summed E-state index contributed by atoms with van der Waals surface area (Å²) in [4.78, 5) is 9.10. The molecule has 2 aromatic heterocycles. The first-order valence-corrected chi connectivity index (χ1v) is 9.21. The van der Waals surface area contributed by atoms with Gasteiger partial charge in [-0.05, 0) is 47.5 Å². The van der Waals surface area contributed by atoms with Crippen LogP contribution in [0.4, 0.5) is 22.5 Å². The average molecular weight is 374 g/mol. The van der Waals surface area contributed by atoms with Gasteiger partial charge in [0.2, 0.25) is 0 Å². The van der Waals surface area contributed by atoms with Crippen LogP contribution >= 0.6 is 11.3 Å². The topological polar surface area (TPSA) is 99.7 Å². The van der Waals surface area contributed by atoms with E-state index in [0.717, 1.165) is 43.7 Å². The lowest BCUT2D eigenvalue weighted by Crippen LogP contribution is -1.96. The van der Waals surface area contributed by atoms with Crippen LogP contribution in [0.2, 0.25) is 0 Å². The molecule has 0 saturated heterocycles. The van der Waals surface area contributed by atoms with Gasteiger partial charge in [0.05, 0.1) is 10.2 Å². The minimum absolute atomic E-state index is 0.607. The minimum atomic E-state index is 0.607. The summed E-state index contributed by atoms with van der Waals surface area (Å²) in [5.74, 6) is 1.55. The lowest BCUT2D eigenvalue weighted by molar-refractivity contribution is 1.27. The summed E-state index contributed by atoms with van der Waals surface area (Å²) < 4.78 is 1.08. The molecule has 0 amide bonds. The van der Waals surface area contributed by atoms with Crippen molar-refractivity contribution in [2.24, 2.45) is 0 Å². The molecule has 2 aromatic carbocycles. The van der Waals surface area contributed by atoms with Crippen molar-refractivity contribution in [3.05, 3.63) is 60.2 Å². The summed E-state index contributed by atoms with van der Waals surface area (Å²) in [6.45, 7) is 0. The van der Waals surface area contributed by atoms with Gasteiger partial charge in [0.25, 0.3) is 0 Å². The Labute approximate surface area is 160 Å². The summed E-state index contributed by atoms with van der Waals surface area (Å²) in [6, 6.07) is 17.6. The highest BCUT2D eigenvalue weighted by atomic mass is 32.1. The molecule has 4 aromatic rings. The second-order valence-electron chi connectivity index (χ2n) is 5.97. The molecule has 5 N–H and O–H groups in total. The van der Waals surface area contributed by atoms with E-state index in [0.29, 0.717) is 5.69 Å². The number of nitrogen functional groups attached to an aromatic ring is 1. The molecule has 2 heterocycles. The van der Waals surface area contributed by atoms with Gasteiger partial charge in [0.15, 0.2) is 5.13 Å². The van der Waals surface area contributed by atoms with E-state index in [9.17, 15) is 0 Å². The number of nitrogens with zero attached hydrogens (tertiary/aromatic N) is 2. The Bertz CT molecular complexity index is 1130. The number of thiazole rings is 1. The van der Waals surface area contributed by atoms with Crippen LogP contribution in [0.15, 0.2) is 54.6 Å². The van der Waals surface area contributed by atoms with E-state index in [1.165, 1.54) is 6.21 Å². The van der Waals surface area contributed by atoms with Crippen molar-refractivity contribution in [1.82, 2.24) is 9.97 Å². The van der Waals surface area contributed by atoms with Gasteiger partial charge in [-0.15, -0.1) is 0 Å². The second-order valence-corrected chi connectivity index (χ2v) is 7.00. The smallest absolute Gasteiger partial charge is 0.189 e. The third kappa shape index (κ3) is 3.45. The molecule has 0 bridgehead atoms. The number of pyridine rings is 1. The molecule has 0 fully saturated rings. The maximum atomic E-state index is 7.48. The molecule has 4 rings (SSSR count). The highest BCUT2D eigenvalue weighted by Crippen LogP contribution is 2.32. The number of nitrogens with two attached hydrogens (primary N) is 1. The zero-order valence-corrected chi connectivity index (χ0v) is 15.5. The molecular formula is C20H18N6S. The molecule has 27 heavy (non-hydrogen) atoms. The van der Waals surface area contributed by atoms with Crippen LogP contribution in [0.1, 0.15) is 5.56 Å². The maximum absolute atomic E-state index is 7.48. The summed E-state index contributed by atoms with van der Waals surface area (Å²) in [6.07, 6.45) is 1.28. The van der Waals surface area contributed by atoms with Crippen LogP contribution < -0.4 is 16.4 Å². The van der Waals surface area contributed by atoms with Crippen LogP contribution in [0, 0.1) is 5.41 Å². The Morgan fingerprint density at radius 2 is 1.78 bits per heavy atom. The van der Waals surface area contributed by atoms with Gasteiger partial charge in [-0.25, -0.2) is 9.97 Å². The predicted octanol–water partition coefficient (Wildman–Crippen LogP) is 4.72. The number of nitrogens with one attached hydrogen (secondary N) is 3.